The number of benzene rings is 2. The van der Waals surface area contributed by atoms with Crippen LogP contribution in [0.15, 0.2) is 41.2 Å². The van der Waals surface area contributed by atoms with E-state index in [1.807, 2.05) is 18.2 Å². The number of methoxy groups -OCH3 is 1. The molecule has 1 atom stereocenters. The van der Waals surface area contributed by atoms with Crippen molar-refractivity contribution in [3.63, 3.8) is 0 Å². The highest BCUT2D eigenvalue weighted by atomic mass is 79.9. The van der Waals surface area contributed by atoms with Gasteiger partial charge in [0.05, 0.1) is 23.0 Å². The molecule has 0 radical (unpaired) electrons. The molecule has 0 aliphatic carbocycles. The number of fused-ring (bicyclic) bond motifs is 1. The predicted molar refractivity (Wildman–Crippen MR) is 82.6 cm³/mol. The minimum atomic E-state index is -0.407. The Hall–Kier alpha value is -2.08. The Morgan fingerprint density at radius 2 is 1.76 bits per heavy atom. The second-order valence-corrected chi connectivity index (χ2v) is 5.56. The first-order valence-corrected chi connectivity index (χ1v) is 7.19. The summed E-state index contributed by atoms with van der Waals surface area (Å²) in [7, 11) is 1.43. The zero-order chi connectivity index (χ0) is 15.0. The summed E-state index contributed by atoms with van der Waals surface area (Å²) in [6.07, 6.45) is 0. The summed E-state index contributed by atoms with van der Waals surface area (Å²) < 4.78 is 18.7. The number of aromatic amines is 2. The van der Waals surface area contributed by atoms with Crippen molar-refractivity contribution in [1.82, 2.24) is 9.97 Å². The molecule has 2 N–H and O–H groups in total. The van der Waals surface area contributed by atoms with Crippen LogP contribution >= 0.6 is 15.9 Å². The van der Waals surface area contributed by atoms with Crippen molar-refractivity contribution >= 4 is 27.0 Å². The van der Waals surface area contributed by atoms with Crippen LogP contribution in [0.4, 0.5) is 4.39 Å². The van der Waals surface area contributed by atoms with Gasteiger partial charge in [-0.15, -0.1) is 0 Å². The molecule has 0 amide bonds. The first-order chi connectivity index (χ1) is 10.1. The number of alkyl halides is 1. The van der Waals surface area contributed by atoms with Crippen molar-refractivity contribution in [2.75, 3.05) is 7.11 Å². The fourth-order valence-electron chi connectivity index (χ4n) is 2.24. The molecule has 0 spiro atoms. The number of nitrogens with one attached hydrogen (secondary N) is 2. The van der Waals surface area contributed by atoms with Crippen LogP contribution in [0.2, 0.25) is 0 Å². The van der Waals surface area contributed by atoms with E-state index in [1.54, 1.807) is 12.1 Å². The normalized spacial score (nSPS) is 12.5. The van der Waals surface area contributed by atoms with Crippen molar-refractivity contribution in [3.8, 4) is 5.75 Å². The molecule has 0 aliphatic heterocycles. The molecule has 0 saturated carbocycles. The van der Waals surface area contributed by atoms with E-state index < -0.39 is 5.82 Å². The van der Waals surface area contributed by atoms with Crippen molar-refractivity contribution in [3.05, 3.63) is 63.8 Å². The first-order valence-electron chi connectivity index (χ1n) is 6.28. The monoisotopic (exact) mass is 350 g/mol. The predicted octanol–water partition coefficient (Wildman–Crippen LogP) is 3.49. The topological polar surface area (TPSA) is 57.9 Å². The average Bonchev–Trinajstić information content (AvgIpc) is 2.85. The zero-order valence-electron chi connectivity index (χ0n) is 11.1. The Morgan fingerprint density at radius 1 is 1.10 bits per heavy atom. The number of ether oxygens (including phenoxy) is 1. The van der Waals surface area contributed by atoms with Crippen molar-refractivity contribution in [2.24, 2.45) is 0 Å². The van der Waals surface area contributed by atoms with Crippen LogP contribution in [0.5, 0.6) is 5.75 Å². The highest BCUT2D eigenvalue weighted by Gasteiger charge is 2.14. The summed E-state index contributed by atoms with van der Waals surface area (Å²) in [4.78, 5) is 16.5. The van der Waals surface area contributed by atoms with Crippen LogP contribution in [0, 0.1) is 5.82 Å². The van der Waals surface area contributed by atoms with Gasteiger partial charge in [-0.1, -0.05) is 28.1 Å². The molecule has 0 saturated heterocycles. The molecule has 2 aromatic carbocycles. The van der Waals surface area contributed by atoms with E-state index >= 15 is 0 Å². The van der Waals surface area contributed by atoms with Gasteiger partial charge >= 0.3 is 5.69 Å². The summed E-state index contributed by atoms with van der Waals surface area (Å²) in [5.41, 5.74) is 2.90. The molecule has 1 heterocycles. The molecule has 3 aromatic rings. The van der Waals surface area contributed by atoms with Gasteiger partial charge in [0.25, 0.3) is 0 Å². The van der Waals surface area contributed by atoms with Gasteiger partial charge in [0, 0.05) is 0 Å². The van der Waals surface area contributed by atoms with Crippen molar-refractivity contribution < 1.29 is 9.13 Å². The van der Waals surface area contributed by atoms with E-state index in [4.69, 9.17) is 4.74 Å². The number of hydrogen-bond donors (Lipinski definition) is 2. The highest BCUT2D eigenvalue weighted by Crippen LogP contribution is 2.33. The van der Waals surface area contributed by atoms with Crippen LogP contribution < -0.4 is 10.4 Å². The van der Waals surface area contributed by atoms with E-state index in [9.17, 15) is 9.18 Å². The fraction of sp³-hybridized carbons (Fsp3) is 0.133. The highest BCUT2D eigenvalue weighted by molar-refractivity contribution is 9.09. The first kappa shape index (κ1) is 13.9. The summed E-state index contributed by atoms with van der Waals surface area (Å²) in [6.45, 7) is 0. The molecule has 0 fully saturated rings. The van der Waals surface area contributed by atoms with Gasteiger partial charge in [0.15, 0.2) is 11.6 Å². The number of imidazole rings is 1. The summed E-state index contributed by atoms with van der Waals surface area (Å²) in [5.74, 6) is -0.195. The molecule has 1 aromatic heterocycles. The molecule has 1 unspecified atom stereocenters. The lowest BCUT2D eigenvalue weighted by Crippen LogP contribution is -1.99. The van der Waals surface area contributed by atoms with E-state index in [-0.39, 0.29) is 16.3 Å². The number of hydrogen-bond acceptors (Lipinski definition) is 2. The fourth-order valence-corrected chi connectivity index (χ4v) is 2.81. The molecule has 21 heavy (non-hydrogen) atoms. The number of H-pyrrole nitrogens is 2. The summed E-state index contributed by atoms with van der Waals surface area (Å²) in [5, 5.41) is 0. The third-order valence-electron chi connectivity index (χ3n) is 3.30. The van der Waals surface area contributed by atoms with Crippen LogP contribution in [-0.4, -0.2) is 17.1 Å². The maximum atomic E-state index is 13.8. The third kappa shape index (κ3) is 2.58. The number of rotatable bonds is 3. The lowest BCUT2D eigenvalue weighted by molar-refractivity contribution is 0.386. The third-order valence-corrected chi connectivity index (χ3v) is 4.36. The molecule has 6 heteroatoms. The molecular weight excluding hydrogens is 339 g/mol. The van der Waals surface area contributed by atoms with Gasteiger partial charge in [-0.3, -0.25) is 0 Å². The second kappa shape index (κ2) is 5.37. The van der Waals surface area contributed by atoms with E-state index in [0.29, 0.717) is 0 Å². The van der Waals surface area contributed by atoms with Gasteiger partial charge in [0.2, 0.25) is 0 Å². The smallest absolute Gasteiger partial charge is 0.323 e. The maximum Gasteiger partial charge on any atom is 0.323 e. The lowest BCUT2D eigenvalue weighted by Gasteiger charge is -2.12. The minimum Gasteiger partial charge on any atom is -0.494 e. The molecular formula is C15H12BrFN2O2. The van der Waals surface area contributed by atoms with E-state index in [2.05, 4.69) is 25.9 Å². The molecule has 0 aliphatic rings. The SMILES string of the molecule is COc1ccc(C(Br)c2ccc3[nH]c(=O)[nH]c3c2)cc1F. The lowest BCUT2D eigenvalue weighted by atomic mass is 10.0. The van der Waals surface area contributed by atoms with Crippen LogP contribution in [0.1, 0.15) is 16.0 Å². The van der Waals surface area contributed by atoms with E-state index in [1.165, 1.54) is 13.2 Å². The van der Waals surface area contributed by atoms with Gasteiger partial charge in [-0.25, -0.2) is 9.18 Å². The van der Waals surface area contributed by atoms with Gasteiger partial charge in [-0.05, 0) is 35.4 Å². The maximum absolute atomic E-state index is 13.8. The van der Waals surface area contributed by atoms with Crippen LogP contribution in [0.25, 0.3) is 11.0 Å². The van der Waals surface area contributed by atoms with Crippen molar-refractivity contribution in [1.29, 1.82) is 0 Å². The van der Waals surface area contributed by atoms with Gasteiger partial charge in [-0.2, -0.15) is 0 Å². The van der Waals surface area contributed by atoms with E-state index in [0.717, 1.165) is 22.2 Å². The van der Waals surface area contributed by atoms with Crippen molar-refractivity contribution in [2.45, 2.75) is 4.83 Å². The van der Waals surface area contributed by atoms with Gasteiger partial charge in [0.1, 0.15) is 0 Å². The Balaban J connectivity index is 2.00. The largest absolute Gasteiger partial charge is 0.494 e. The second-order valence-electron chi connectivity index (χ2n) is 4.64. The van der Waals surface area contributed by atoms with Gasteiger partial charge < -0.3 is 14.7 Å². The Bertz CT molecular complexity index is 856. The Morgan fingerprint density at radius 3 is 2.48 bits per heavy atom. The summed E-state index contributed by atoms with van der Waals surface area (Å²) in [6, 6.07) is 10.4. The molecule has 108 valence electrons. The quantitative estimate of drug-likeness (QED) is 0.710. The zero-order valence-corrected chi connectivity index (χ0v) is 12.7. The molecule has 3 rings (SSSR count). The van der Waals surface area contributed by atoms with Crippen LogP contribution in [-0.2, 0) is 0 Å². The number of aromatic nitrogens is 2. The standard InChI is InChI=1S/C15H12BrFN2O2/c1-21-13-5-3-8(6-10(13)17)14(16)9-2-4-11-12(7-9)19-15(20)18-11/h2-7,14H,1H3,(H2,18,19,20). The minimum absolute atomic E-state index is 0.180. The Kier molecular flexibility index (Phi) is 3.55. The number of halogens is 2. The molecule has 4 nitrogen and oxygen atoms in total. The Labute approximate surface area is 128 Å². The average molecular weight is 351 g/mol. The summed E-state index contributed by atoms with van der Waals surface area (Å²) >= 11 is 3.56. The van der Waals surface area contributed by atoms with Crippen LogP contribution in [0.3, 0.4) is 0 Å². The molecule has 0 bridgehead atoms.